The Hall–Kier alpha value is -4.15. The van der Waals surface area contributed by atoms with E-state index in [9.17, 15) is 8.78 Å². The molecule has 166 valence electrons. The smallest absolute Gasteiger partial charge is 0.319 e. The molecule has 0 unspecified atom stereocenters. The van der Waals surface area contributed by atoms with Crippen molar-refractivity contribution < 1.29 is 13.2 Å². The number of hydrogen-bond acceptors (Lipinski definition) is 7. The van der Waals surface area contributed by atoms with Crippen LogP contribution in [0.5, 0.6) is 0 Å². The van der Waals surface area contributed by atoms with Crippen LogP contribution in [0.3, 0.4) is 0 Å². The summed E-state index contributed by atoms with van der Waals surface area (Å²) in [5.41, 5.74) is 3.95. The number of imidazole rings is 1. The third-order valence-electron chi connectivity index (χ3n) is 5.76. The molecule has 0 radical (unpaired) electrons. The molecule has 6 heterocycles. The summed E-state index contributed by atoms with van der Waals surface area (Å²) >= 11 is 0. The van der Waals surface area contributed by atoms with Gasteiger partial charge in [0.2, 0.25) is 0 Å². The maximum Gasteiger partial charge on any atom is 0.319 e. The number of fused-ring (bicyclic) bond motifs is 2. The Morgan fingerprint density at radius 1 is 1.18 bits per heavy atom. The molecule has 1 N–H and O–H groups in total. The first-order valence-electron chi connectivity index (χ1n) is 10.4. The number of nitrogens with one attached hydrogen (secondary N) is 1. The Kier molecular flexibility index (Phi) is 4.42. The summed E-state index contributed by atoms with van der Waals surface area (Å²) in [5.74, 6) is 0.301. The molecule has 1 aliphatic heterocycles. The number of anilines is 1. The molecule has 0 fully saturated rings. The highest BCUT2D eigenvalue weighted by Crippen LogP contribution is 2.37. The maximum absolute atomic E-state index is 13.6. The lowest BCUT2D eigenvalue weighted by atomic mass is 10.00. The van der Waals surface area contributed by atoms with Crippen LogP contribution in [0.1, 0.15) is 40.8 Å². The van der Waals surface area contributed by atoms with Gasteiger partial charge in [-0.25, -0.2) is 23.3 Å². The Morgan fingerprint density at radius 2 is 2.09 bits per heavy atom. The molecule has 33 heavy (non-hydrogen) atoms. The number of aromatic nitrogens is 7. The van der Waals surface area contributed by atoms with Gasteiger partial charge in [-0.05, 0) is 37.3 Å². The fraction of sp³-hybridized carbons (Fsp3) is 0.227. The quantitative estimate of drug-likeness (QED) is 0.445. The Morgan fingerprint density at radius 3 is 2.94 bits per heavy atom. The summed E-state index contributed by atoms with van der Waals surface area (Å²) in [6.45, 7) is 2.44. The van der Waals surface area contributed by atoms with Crippen LogP contribution >= 0.6 is 0 Å². The number of rotatable bonds is 4. The first-order chi connectivity index (χ1) is 16.1. The lowest BCUT2D eigenvalue weighted by molar-refractivity contribution is 0.152. The van der Waals surface area contributed by atoms with Crippen LogP contribution < -0.4 is 4.90 Å². The largest absolute Gasteiger partial charge is 0.402 e. The molecule has 11 heteroatoms. The Bertz CT molecular complexity index is 1460. The minimum atomic E-state index is -2.61. The molecule has 0 aromatic carbocycles. The number of hydrogen-bond donors (Lipinski definition) is 1. The molecule has 0 bridgehead atoms. The molecule has 0 aliphatic carbocycles. The van der Waals surface area contributed by atoms with Gasteiger partial charge < -0.3 is 14.3 Å². The van der Waals surface area contributed by atoms with Crippen LogP contribution in [0.25, 0.3) is 17.1 Å². The van der Waals surface area contributed by atoms with E-state index >= 15 is 0 Å². The average molecular weight is 448 g/mol. The number of aryl methyl sites for hydroxylation is 1. The molecular weight excluding hydrogens is 430 g/mol. The number of aromatic amines is 1. The maximum atomic E-state index is 13.6. The van der Waals surface area contributed by atoms with Gasteiger partial charge in [-0.15, -0.1) is 5.10 Å². The van der Waals surface area contributed by atoms with Crippen molar-refractivity contribution in [3.8, 4) is 11.6 Å². The number of nitrogens with zero attached hydrogens (tertiary/aromatic N) is 7. The second kappa shape index (κ2) is 7.47. The Balaban J connectivity index is 1.45. The van der Waals surface area contributed by atoms with Crippen molar-refractivity contribution in [1.29, 1.82) is 0 Å². The summed E-state index contributed by atoms with van der Waals surface area (Å²) in [6.07, 6.45) is 1.35. The van der Waals surface area contributed by atoms with E-state index in [1.54, 1.807) is 30.7 Å². The summed E-state index contributed by atoms with van der Waals surface area (Å²) in [5, 5.41) is 13.0. The van der Waals surface area contributed by atoms with Crippen LogP contribution in [0.15, 0.2) is 53.3 Å². The van der Waals surface area contributed by atoms with Gasteiger partial charge in [0.05, 0.1) is 23.2 Å². The fourth-order valence-electron chi connectivity index (χ4n) is 4.25. The molecule has 1 aliphatic rings. The Labute approximate surface area is 186 Å². The van der Waals surface area contributed by atoms with Crippen molar-refractivity contribution in [2.45, 2.75) is 25.8 Å². The number of halogens is 2. The molecule has 9 nitrogen and oxygen atoms in total. The van der Waals surface area contributed by atoms with Gasteiger partial charge >= 0.3 is 6.01 Å². The van der Waals surface area contributed by atoms with Crippen molar-refractivity contribution in [3.05, 3.63) is 77.3 Å². The van der Waals surface area contributed by atoms with E-state index in [0.717, 1.165) is 17.1 Å². The van der Waals surface area contributed by atoms with Gasteiger partial charge in [0.1, 0.15) is 11.7 Å². The SMILES string of the molecule is Cc1cccc(-c2nnc(N3CCc4[nH]cnc4[C@@H]3c3cc4c(C(F)F)cccn4n3)o2)n1. The number of alkyl halides is 2. The van der Waals surface area contributed by atoms with Crippen LogP contribution in [0, 0.1) is 6.92 Å². The van der Waals surface area contributed by atoms with E-state index in [4.69, 9.17) is 4.42 Å². The molecule has 1 atom stereocenters. The highest BCUT2D eigenvalue weighted by atomic mass is 19.3. The minimum absolute atomic E-state index is 0.0774. The third kappa shape index (κ3) is 3.23. The van der Waals surface area contributed by atoms with Crippen molar-refractivity contribution in [3.63, 3.8) is 0 Å². The highest BCUT2D eigenvalue weighted by molar-refractivity contribution is 5.58. The van der Waals surface area contributed by atoms with Gasteiger partial charge in [0, 0.05) is 36.1 Å². The van der Waals surface area contributed by atoms with Gasteiger partial charge in [-0.1, -0.05) is 11.2 Å². The zero-order valence-electron chi connectivity index (χ0n) is 17.5. The molecule has 0 saturated heterocycles. The summed E-state index contributed by atoms with van der Waals surface area (Å²) in [4.78, 5) is 14.0. The topological polar surface area (TPSA) is 101 Å². The van der Waals surface area contributed by atoms with E-state index in [-0.39, 0.29) is 11.6 Å². The zero-order valence-corrected chi connectivity index (χ0v) is 17.5. The molecule has 0 saturated carbocycles. The second-order valence-electron chi connectivity index (χ2n) is 7.83. The van der Waals surface area contributed by atoms with Gasteiger partial charge in [0.15, 0.2) is 0 Å². The van der Waals surface area contributed by atoms with Crippen LogP contribution in [-0.4, -0.2) is 41.3 Å². The first-order valence-corrected chi connectivity index (χ1v) is 10.4. The summed E-state index contributed by atoms with van der Waals surface area (Å²) in [7, 11) is 0. The molecular formula is C22H18F2N8O. The second-order valence-corrected chi connectivity index (χ2v) is 7.83. The molecule has 5 aromatic heterocycles. The van der Waals surface area contributed by atoms with E-state index in [0.29, 0.717) is 35.8 Å². The van der Waals surface area contributed by atoms with E-state index in [2.05, 4.69) is 30.2 Å². The van der Waals surface area contributed by atoms with Crippen LogP contribution in [0.2, 0.25) is 0 Å². The molecule has 0 spiro atoms. The highest BCUT2D eigenvalue weighted by Gasteiger charge is 2.36. The standard InChI is InChI=1S/C22H18F2N8O/c1-12-4-2-6-15(27-12)21-28-29-22(33-21)31-9-7-14-18(26-11-25-14)19(31)16-10-17-13(20(23)24)5-3-8-32(17)30-16/h2-6,8,10-11,19-20H,7,9H2,1H3,(H,25,26)/t19-/m0/s1. The monoisotopic (exact) mass is 448 g/mol. The van der Waals surface area contributed by atoms with Crippen molar-refractivity contribution in [2.75, 3.05) is 11.4 Å². The predicted octanol–water partition coefficient (Wildman–Crippen LogP) is 3.90. The van der Waals surface area contributed by atoms with Crippen LogP contribution in [-0.2, 0) is 6.42 Å². The number of pyridine rings is 2. The molecule has 6 rings (SSSR count). The first kappa shape index (κ1) is 19.5. The summed E-state index contributed by atoms with van der Waals surface area (Å²) in [6, 6.07) is 10.0. The fourth-order valence-corrected chi connectivity index (χ4v) is 4.25. The van der Waals surface area contributed by atoms with Gasteiger partial charge in [-0.2, -0.15) is 5.10 Å². The predicted molar refractivity (Wildman–Crippen MR) is 114 cm³/mol. The van der Waals surface area contributed by atoms with Crippen molar-refractivity contribution >= 4 is 11.5 Å². The normalized spacial score (nSPS) is 16.0. The minimum Gasteiger partial charge on any atom is -0.402 e. The molecule has 5 aromatic rings. The van der Waals surface area contributed by atoms with Gasteiger partial charge in [0.25, 0.3) is 12.3 Å². The van der Waals surface area contributed by atoms with Crippen molar-refractivity contribution in [1.82, 2.24) is 34.8 Å². The average Bonchev–Trinajstić information content (AvgIpc) is 3.56. The van der Waals surface area contributed by atoms with E-state index < -0.39 is 12.5 Å². The van der Waals surface area contributed by atoms with E-state index in [1.807, 2.05) is 24.0 Å². The summed E-state index contributed by atoms with van der Waals surface area (Å²) < 4.78 is 34.6. The number of H-pyrrole nitrogens is 1. The third-order valence-corrected chi connectivity index (χ3v) is 5.76. The molecule has 0 amide bonds. The van der Waals surface area contributed by atoms with Gasteiger partial charge in [-0.3, -0.25) is 0 Å². The zero-order chi connectivity index (χ0) is 22.5. The lowest BCUT2D eigenvalue weighted by Gasteiger charge is -2.32. The van der Waals surface area contributed by atoms with E-state index in [1.165, 1.54) is 10.6 Å². The lowest BCUT2D eigenvalue weighted by Crippen LogP contribution is -2.36. The van der Waals surface area contributed by atoms with Crippen molar-refractivity contribution in [2.24, 2.45) is 0 Å². The van der Waals surface area contributed by atoms with Crippen LogP contribution in [0.4, 0.5) is 14.8 Å².